The van der Waals surface area contributed by atoms with Crippen LogP contribution < -0.4 is 9.47 Å². The van der Waals surface area contributed by atoms with Gasteiger partial charge in [-0.15, -0.1) is 0 Å². The van der Waals surface area contributed by atoms with E-state index < -0.39 is 6.10 Å². The maximum atomic E-state index is 10.1. The normalized spacial score (nSPS) is 23.1. The molecule has 3 heteroatoms. The molecule has 1 unspecified atom stereocenters. The number of rotatable bonds is 3. The van der Waals surface area contributed by atoms with Gasteiger partial charge in [0.15, 0.2) is 0 Å². The van der Waals surface area contributed by atoms with Gasteiger partial charge < -0.3 is 14.6 Å². The Morgan fingerprint density at radius 1 is 1.47 bits per heavy atom. The van der Waals surface area contributed by atoms with E-state index in [0.717, 1.165) is 23.5 Å². The molecule has 0 aliphatic carbocycles. The second-order valence-corrected chi connectivity index (χ2v) is 5.02. The molecule has 1 aliphatic rings. The summed E-state index contributed by atoms with van der Waals surface area (Å²) in [4.78, 5) is 0. The Balaban J connectivity index is 2.19. The number of hydrogen-bond donors (Lipinski definition) is 1. The molecule has 1 aromatic carbocycles. The predicted octanol–water partition coefficient (Wildman–Crippen LogP) is 2.93. The highest BCUT2D eigenvalue weighted by Gasteiger charge is 2.27. The first kappa shape index (κ1) is 12.2. The Hall–Kier alpha value is -1.22. The summed E-state index contributed by atoms with van der Waals surface area (Å²) in [6, 6.07) is 5.60. The standard InChI is InChI=1S/C14H20O3/c1-9(2)6-11-8-13(15)12-7-10(16-3)4-5-14(12)17-11/h4-5,7,9,11,13,15H,6,8H2,1-3H3/t11?,13-/m0/s1. The Labute approximate surface area is 102 Å². The Morgan fingerprint density at radius 2 is 2.24 bits per heavy atom. The van der Waals surface area contributed by atoms with Gasteiger partial charge in [-0.3, -0.25) is 0 Å². The molecule has 1 N–H and O–H groups in total. The van der Waals surface area contributed by atoms with E-state index in [1.54, 1.807) is 7.11 Å². The lowest BCUT2D eigenvalue weighted by Gasteiger charge is -2.30. The molecule has 0 bridgehead atoms. The third kappa shape index (κ3) is 2.72. The molecule has 1 aromatic rings. The van der Waals surface area contributed by atoms with Crippen LogP contribution in [-0.4, -0.2) is 18.3 Å². The van der Waals surface area contributed by atoms with Crippen molar-refractivity contribution in [3.05, 3.63) is 23.8 Å². The largest absolute Gasteiger partial charge is 0.497 e. The summed E-state index contributed by atoms with van der Waals surface area (Å²) in [5, 5.41) is 10.1. The monoisotopic (exact) mass is 236 g/mol. The van der Waals surface area contributed by atoms with Crippen molar-refractivity contribution in [2.24, 2.45) is 5.92 Å². The zero-order chi connectivity index (χ0) is 12.4. The molecular weight excluding hydrogens is 216 g/mol. The number of aliphatic hydroxyl groups is 1. The number of benzene rings is 1. The van der Waals surface area contributed by atoms with Crippen molar-refractivity contribution in [1.29, 1.82) is 0 Å². The van der Waals surface area contributed by atoms with E-state index in [2.05, 4.69) is 13.8 Å². The molecule has 1 heterocycles. The fourth-order valence-corrected chi connectivity index (χ4v) is 2.30. The lowest BCUT2D eigenvalue weighted by molar-refractivity contribution is 0.0554. The van der Waals surface area contributed by atoms with Gasteiger partial charge in [0.05, 0.1) is 13.2 Å². The smallest absolute Gasteiger partial charge is 0.125 e. The Morgan fingerprint density at radius 3 is 2.88 bits per heavy atom. The third-order valence-electron chi connectivity index (χ3n) is 3.09. The first-order valence-corrected chi connectivity index (χ1v) is 6.12. The molecule has 0 spiro atoms. The van der Waals surface area contributed by atoms with Crippen molar-refractivity contribution >= 4 is 0 Å². The van der Waals surface area contributed by atoms with Crippen molar-refractivity contribution in [2.45, 2.75) is 38.9 Å². The number of aliphatic hydroxyl groups excluding tert-OH is 1. The van der Waals surface area contributed by atoms with E-state index in [9.17, 15) is 5.11 Å². The van der Waals surface area contributed by atoms with Gasteiger partial charge >= 0.3 is 0 Å². The van der Waals surface area contributed by atoms with Crippen molar-refractivity contribution in [2.75, 3.05) is 7.11 Å². The predicted molar refractivity (Wildman–Crippen MR) is 66.4 cm³/mol. The molecule has 0 fully saturated rings. The third-order valence-corrected chi connectivity index (χ3v) is 3.09. The molecule has 3 nitrogen and oxygen atoms in total. The number of fused-ring (bicyclic) bond motifs is 1. The summed E-state index contributed by atoms with van der Waals surface area (Å²) in [7, 11) is 1.62. The van der Waals surface area contributed by atoms with Crippen LogP contribution in [0.25, 0.3) is 0 Å². The van der Waals surface area contributed by atoms with Crippen LogP contribution >= 0.6 is 0 Å². The van der Waals surface area contributed by atoms with Gasteiger partial charge in [0, 0.05) is 12.0 Å². The van der Waals surface area contributed by atoms with Crippen LogP contribution in [-0.2, 0) is 0 Å². The van der Waals surface area contributed by atoms with Crippen molar-refractivity contribution in [3.8, 4) is 11.5 Å². The summed E-state index contributed by atoms with van der Waals surface area (Å²) < 4.78 is 11.1. The molecule has 0 aromatic heterocycles. The summed E-state index contributed by atoms with van der Waals surface area (Å²) in [5.41, 5.74) is 0.837. The van der Waals surface area contributed by atoms with E-state index in [1.807, 2.05) is 18.2 Å². The van der Waals surface area contributed by atoms with Crippen LogP contribution in [0.2, 0.25) is 0 Å². The number of methoxy groups -OCH3 is 1. The van der Waals surface area contributed by atoms with Crippen molar-refractivity contribution in [3.63, 3.8) is 0 Å². The molecule has 17 heavy (non-hydrogen) atoms. The molecule has 0 saturated carbocycles. The molecule has 94 valence electrons. The first-order chi connectivity index (χ1) is 8.10. The quantitative estimate of drug-likeness (QED) is 0.877. The average Bonchev–Trinajstić information content (AvgIpc) is 2.28. The minimum atomic E-state index is -0.447. The Kier molecular flexibility index (Phi) is 3.57. The highest BCUT2D eigenvalue weighted by molar-refractivity contribution is 5.43. The van der Waals surface area contributed by atoms with E-state index in [0.29, 0.717) is 12.3 Å². The van der Waals surface area contributed by atoms with Crippen LogP contribution in [0.4, 0.5) is 0 Å². The molecule has 0 radical (unpaired) electrons. The summed E-state index contributed by atoms with van der Waals surface area (Å²) in [5.74, 6) is 2.12. The fraction of sp³-hybridized carbons (Fsp3) is 0.571. The topological polar surface area (TPSA) is 38.7 Å². The van der Waals surface area contributed by atoms with E-state index in [-0.39, 0.29) is 6.10 Å². The van der Waals surface area contributed by atoms with Gasteiger partial charge in [0.25, 0.3) is 0 Å². The van der Waals surface area contributed by atoms with E-state index in [4.69, 9.17) is 9.47 Å². The maximum absolute atomic E-state index is 10.1. The molecule has 0 saturated heterocycles. The number of ether oxygens (including phenoxy) is 2. The first-order valence-electron chi connectivity index (χ1n) is 6.12. The molecule has 2 atom stereocenters. The highest BCUT2D eigenvalue weighted by Crippen LogP contribution is 2.38. The lowest BCUT2D eigenvalue weighted by Crippen LogP contribution is -2.27. The van der Waals surface area contributed by atoms with E-state index in [1.165, 1.54) is 0 Å². The summed E-state index contributed by atoms with van der Waals surface area (Å²) in [6.07, 6.45) is 1.31. The fourth-order valence-electron chi connectivity index (χ4n) is 2.30. The van der Waals surface area contributed by atoms with Crippen LogP contribution in [0.5, 0.6) is 11.5 Å². The zero-order valence-corrected chi connectivity index (χ0v) is 10.6. The van der Waals surface area contributed by atoms with Gasteiger partial charge in [0.2, 0.25) is 0 Å². The number of hydrogen-bond acceptors (Lipinski definition) is 3. The second kappa shape index (κ2) is 4.96. The second-order valence-electron chi connectivity index (χ2n) is 5.02. The molecule has 0 amide bonds. The summed E-state index contributed by atoms with van der Waals surface area (Å²) >= 11 is 0. The van der Waals surface area contributed by atoms with E-state index >= 15 is 0 Å². The molecule has 1 aliphatic heterocycles. The van der Waals surface area contributed by atoms with Crippen LogP contribution in [0.15, 0.2) is 18.2 Å². The van der Waals surface area contributed by atoms with Crippen LogP contribution in [0.3, 0.4) is 0 Å². The summed E-state index contributed by atoms with van der Waals surface area (Å²) in [6.45, 7) is 4.33. The van der Waals surface area contributed by atoms with Gasteiger partial charge in [-0.25, -0.2) is 0 Å². The SMILES string of the molecule is COc1ccc2c(c1)[C@@H](O)CC(CC(C)C)O2. The maximum Gasteiger partial charge on any atom is 0.125 e. The highest BCUT2D eigenvalue weighted by atomic mass is 16.5. The lowest BCUT2D eigenvalue weighted by atomic mass is 9.94. The Bertz CT molecular complexity index is 387. The van der Waals surface area contributed by atoms with Gasteiger partial charge in [0.1, 0.15) is 17.6 Å². The zero-order valence-electron chi connectivity index (χ0n) is 10.6. The molecule has 2 rings (SSSR count). The minimum Gasteiger partial charge on any atom is -0.497 e. The van der Waals surface area contributed by atoms with Gasteiger partial charge in [-0.1, -0.05) is 13.8 Å². The van der Waals surface area contributed by atoms with Crippen molar-refractivity contribution < 1.29 is 14.6 Å². The van der Waals surface area contributed by atoms with Crippen LogP contribution in [0.1, 0.15) is 38.4 Å². The molecular formula is C14H20O3. The van der Waals surface area contributed by atoms with Gasteiger partial charge in [-0.05, 0) is 30.5 Å². The average molecular weight is 236 g/mol. The minimum absolute atomic E-state index is 0.117. The van der Waals surface area contributed by atoms with Gasteiger partial charge in [-0.2, -0.15) is 0 Å². The van der Waals surface area contributed by atoms with Crippen LogP contribution in [0, 0.1) is 5.92 Å². The van der Waals surface area contributed by atoms with Crippen molar-refractivity contribution in [1.82, 2.24) is 0 Å².